The molecule has 3 heteroatoms. The van der Waals surface area contributed by atoms with Crippen molar-refractivity contribution in [2.24, 2.45) is 0 Å². The number of benzene rings is 1. The van der Waals surface area contributed by atoms with Crippen molar-refractivity contribution in [3.8, 4) is 0 Å². The van der Waals surface area contributed by atoms with Gasteiger partial charge in [-0.2, -0.15) is 0 Å². The van der Waals surface area contributed by atoms with Crippen LogP contribution in [-0.2, 0) is 4.74 Å². The van der Waals surface area contributed by atoms with E-state index >= 15 is 0 Å². The highest BCUT2D eigenvalue weighted by atomic mass is 16.6. The third kappa shape index (κ3) is 2.12. The van der Waals surface area contributed by atoms with Gasteiger partial charge in [-0.05, 0) is 18.7 Å². The minimum absolute atomic E-state index is 0.382. The number of hydrogen-bond donors (Lipinski definition) is 1. The number of carbonyl (C=O) groups excluding carboxylic acids is 1. The van der Waals surface area contributed by atoms with E-state index in [0.29, 0.717) is 5.56 Å². The van der Waals surface area contributed by atoms with Crippen LogP contribution in [0.5, 0.6) is 0 Å². The molecule has 0 fully saturated rings. The van der Waals surface area contributed by atoms with Crippen molar-refractivity contribution in [3.63, 3.8) is 0 Å². The lowest BCUT2D eigenvalue weighted by atomic mass is 10.2. The second-order valence-electron chi connectivity index (χ2n) is 2.15. The molecule has 1 N–H and O–H groups in total. The van der Waals surface area contributed by atoms with Crippen LogP contribution in [0.4, 0.5) is 0 Å². The van der Waals surface area contributed by atoms with Crippen LogP contribution in [0.1, 0.15) is 10.4 Å². The van der Waals surface area contributed by atoms with Crippen molar-refractivity contribution >= 4 is 5.97 Å². The summed E-state index contributed by atoms with van der Waals surface area (Å²) in [6.07, 6.45) is 0. The Morgan fingerprint density at radius 3 is 2.42 bits per heavy atom. The molecule has 1 aromatic rings. The third-order valence-corrected chi connectivity index (χ3v) is 1.22. The Morgan fingerprint density at radius 2 is 1.92 bits per heavy atom. The zero-order valence-electron chi connectivity index (χ0n) is 6.36. The standard InChI is InChI=1S/C9H8O3/c1-7(10)12-9(11)8-5-3-2-4-6-8/h2-6,10H,1H2. The molecule has 0 aromatic heterocycles. The number of ether oxygens (including phenoxy) is 1. The summed E-state index contributed by atoms with van der Waals surface area (Å²) in [6.45, 7) is 3.03. The van der Waals surface area contributed by atoms with Crippen molar-refractivity contribution in [1.82, 2.24) is 0 Å². The van der Waals surface area contributed by atoms with Gasteiger partial charge in [0, 0.05) is 0 Å². The quantitative estimate of drug-likeness (QED) is 0.536. The fourth-order valence-electron chi connectivity index (χ4n) is 0.740. The van der Waals surface area contributed by atoms with Gasteiger partial charge >= 0.3 is 5.97 Å². The van der Waals surface area contributed by atoms with E-state index in [1.165, 1.54) is 0 Å². The molecule has 3 nitrogen and oxygen atoms in total. The molecule has 0 aliphatic carbocycles. The van der Waals surface area contributed by atoms with E-state index in [0.717, 1.165) is 0 Å². The maximum absolute atomic E-state index is 11.0. The van der Waals surface area contributed by atoms with E-state index in [2.05, 4.69) is 11.3 Å². The summed E-state index contributed by atoms with van der Waals surface area (Å²) in [5, 5.41) is 8.55. The molecule has 0 aliphatic rings. The molecule has 0 heterocycles. The fourth-order valence-corrected chi connectivity index (χ4v) is 0.740. The summed E-state index contributed by atoms with van der Waals surface area (Å²) in [5.74, 6) is -1.20. The molecular weight excluding hydrogens is 156 g/mol. The monoisotopic (exact) mass is 164 g/mol. The van der Waals surface area contributed by atoms with Gasteiger partial charge in [0.1, 0.15) is 0 Å². The highest BCUT2D eigenvalue weighted by Gasteiger charge is 2.06. The summed E-state index contributed by atoms with van der Waals surface area (Å²) in [7, 11) is 0. The van der Waals surface area contributed by atoms with Crippen molar-refractivity contribution in [2.45, 2.75) is 0 Å². The SMILES string of the molecule is C=C(O)OC(=O)c1ccccc1. The van der Waals surface area contributed by atoms with Crippen LogP contribution in [0, 0.1) is 0 Å². The zero-order chi connectivity index (χ0) is 8.97. The van der Waals surface area contributed by atoms with E-state index < -0.39 is 11.9 Å². The van der Waals surface area contributed by atoms with Crippen LogP contribution in [0.25, 0.3) is 0 Å². The summed E-state index contributed by atoms with van der Waals surface area (Å²) < 4.78 is 4.36. The largest absolute Gasteiger partial charge is 0.481 e. The predicted molar refractivity (Wildman–Crippen MR) is 43.6 cm³/mol. The van der Waals surface area contributed by atoms with Crippen LogP contribution in [-0.4, -0.2) is 11.1 Å². The number of aliphatic hydroxyl groups is 1. The van der Waals surface area contributed by atoms with E-state index in [1.54, 1.807) is 30.3 Å². The molecule has 0 unspecified atom stereocenters. The van der Waals surface area contributed by atoms with Crippen LogP contribution < -0.4 is 0 Å². The lowest BCUT2D eigenvalue weighted by Gasteiger charge is -1.99. The second-order valence-corrected chi connectivity index (χ2v) is 2.15. The van der Waals surface area contributed by atoms with E-state index in [4.69, 9.17) is 5.11 Å². The molecule has 1 rings (SSSR count). The van der Waals surface area contributed by atoms with Crippen LogP contribution in [0.2, 0.25) is 0 Å². The zero-order valence-corrected chi connectivity index (χ0v) is 6.36. The van der Waals surface area contributed by atoms with E-state index in [-0.39, 0.29) is 0 Å². The highest BCUT2D eigenvalue weighted by Crippen LogP contribution is 2.02. The van der Waals surface area contributed by atoms with Crippen molar-refractivity contribution in [3.05, 3.63) is 48.4 Å². The first-order valence-electron chi connectivity index (χ1n) is 3.35. The third-order valence-electron chi connectivity index (χ3n) is 1.22. The summed E-state index contributed by atoms with van der Waals surface area (Å²) in [6, 6.07) is 8.37. The number of esters is 1. The summed E-state index contributed by atoms with van der Waals surface area (Å²) in [4.78, 5) is 11.0. The molecule has 1 aromatic carbocycles. The molecule has 0 bridgehead atoms. The van der Waals surface area contributed by atoms with E-state index in [9.17, 15) is 4.79 Å². The molecule has 0 radical (unpaired) electrons. The predicted octanol–water partition coefficient (Wildman–Crippen LogP) is 1.87. The summed E-state index contributed by atoms with van der Waals surface area (Å²) >= 11 is 0. The molecule has 0 atom stereocenters. The van der Waals surface area contributed by atoms with Gasteiger partial charge in [0.25, 0.3) is 5.95 Å². The number of aliphatic hydroxyl groups excluding tert-OH is 1. The van der Waals surface area contributed by atoms with Gasteiger partial charge in [-0.15, -0.1) is 0 Å². The minimum atomic E-state index is -0.608. The van der Waals surface area contributed by atoms with Crippen LogP contribution in [0.3, 0.4) is 0 Å². The van der Waals surface area contributed by atoms with Crippen LogP contribution >= 0.6 is 0 Å². The Hall–Kier alpha value is -1.77. The maximum atomic E-state index is 11.0. The van der Waals surface area contributed by atoms with Gasteiger partial charge in [-0.3, -0.25) is 0 Å². The maximum Gasteiger partial charge on any atom is 0.345 e. The molecular formula is C9H8O3. The lowest BCUT2D eigenvalue weighted by molar-refractivity contribution is 0.0452. The molecule has 0 spiro atoms. The number of hydrogen-bond acceptors (Lipinski definition) is 3. The van der Waals surface area contributed by atoms with Gasteiger partial charge in [0.15, 0.2) is 0 Å². The van der Waals surface area contributed by atoms with Gasteiger partial charge in [0.2, 0.25) is 0 Å². The smallest absolute Gasteiger partial charge is 0.345 e. The van der Waals surface area contributed by atoms with Gasteiger partial charge in [-0.1, -0.05) is 18.2 Å². The molecule has 0 aliphatic heterocycles. The Morgan fingerprint density at radius 1 is 1.33 bits per heavy atom. The molecule has 0 saturated heterocycles. The fraction of sp³-hybridized carbons (Fsp3) is 0. The Kier molecular flexibility index (Phi) is 2.48. The summed E-state index contributed by atoms with van der Waals surface area (Å²) in [5.41, 5.74) is 0.382. The Bertz CT molecular complexity index is 290. The topological polar surface area (TPSA) is 46.5 Å². The molecule has 62 valence electrons. The van der Waals surface area contributed by atoms with E-state index in [1.807, 2.05) is 0 Å². The lowest BCUT2D eigenvalue weighted by Crippen LogP contribution is -2.03. The first kappa shape index (κ1) is 8.33. The average molecular weight is 164 g/mol. The first-order valence-corrected chi connectivity index (χ1v) is 3.35. The number of carbonyl (C=O) groups is 1. The Labute approximate surface area is 69.9 Å². The first-order chi connectivity index (χ1) is 5.70. The molecule has 12 heavy (non-hydrogen) atoms. The second kappa shape index (κ2) is 3.57. The average Bonchev–Trinajstić information content (AvgIpc) is 2.05. The molecule has 0 amide bonds. The Balaban J connectivity index is 2.73. The van der Waals surface area contributed by atoms with Gasteiger partial charge in [0.05, 0.1) is 5.56 Å². The highest BCUT2D eigenvalue weighted by molar-refractivity contribution is 5.89. The van der Waals surface area contributed by atoms with Crippen LogP contribution in [0.15, 0.2) is 42.9 Å². The van der Waals surface area contributed by atoms with Crippen molar-refractivity contribution < 1.29 is 14.6 Å². The minimum Gasteiger partial charge on any atom is -0.481 e. The van der Waals surface area contributed by atoms with Crippen molar-refractivity contribution in [2.75, 3.05) is 0 Å². The number of rotatable bonds is 2. The molecule has 0 saturated carbocycles. The normalized spacial score (nSPS) is 9.00. The van der Waals surface area contributed by atoms with Gasteiger partial charge in [-0.25, -0.2) is 4.79 Å². The van der Waals surface area contributed by atoms with Gasteiger partial charge < -0.3 is 9.84 Å². The van der Waals surface area contributed by atoms with Crippen molar-refractivity contribution in [1.29, 1.82) is 0 Å².